The number of nitrogens with one attached hydrogen (secondary N) is 1. The van der Waals surface area contributed by atoms with Crippen LogP contribution in [0.3, 0.4) is 0 Å². The molecule has 146 valence electrons. The van der Waals surface area contributed by atoms with Gasteiger partial charge >= 0.3 is 0 Å². The van der Waals surface area contributed by atoms with Crippen molar-refractivity contribution in [1.82, 2.24) is 15.0 Å². The van der Waals surface area contributed by atoms with Gasteiger partial charge in [-0.05, 0) is 30.7 Å². The van der Waals surface area contributed by atoms with Crippen LogP contribution in [-0.4, -0.2) is 54.3 Å². The molecule has 1 aromatic carbocycles. The summed E-state index contributed by atoms with van der Waals surface area (Å²) in [7, 11) is 1.59. The fourth-order valence-electron chi connectivity index (χ4n) is 2.62. The van der Waals surface area contributed by atoms with Gasteiger partial charge in [0.05, 0.1) is 20.3 Å². The van der Waals surface area contributed by atoms with Gasteiger partial charge in [-0.2, -0.15) is 15.0 Å². The molecule has 0 aliphatic carbocycles. The Balaban J connectivity index is 0.00000261. The summed E-state index contributed by atoms with van der Waals surface area (Å²) in [5, 5.41) is 2.77. The first kappa shape index (κ1) is 20.9. The van der Waals surface area contributed by atoms with Crippen molar-refractivity contribution in [2.75, 3.05) is 43.6 Å². The van der Waals surface area contributed by atoms with E-state index in [1.54, 1.807) is 31.4 Å². The number of carbonyl (C=O) groups excluding carboxylic acids is 1. The molecule has 1 aliphatic rings. The number of methoxy groups -OCH3 is 1. The van der Waals surface area contributed by atoms with Crippen molar-refractivity contribution < 1.29 is 14.3 Å². The Hall–Kier alpha value is -2.45. The Bertz CT molecular complexity index is 751. The van der Waals surface area contributed by atoms with Gasteiger partial charge in [0, 0.05) is 25.1 Å². The van der Waals surface area contributed by atoms with Crippen LogP contribution in [0.1, 0.15) is 29.5 Å². The lowest BCUT2D eigenvalue weighted by molar-refractivity contribution is 0.102. The van der Waals surface area contributed by atoms with Crippen molar-refractivity contribution in [3.8, 4) is 5.75 Å². The molecular formula is C18H24ClN5O3. The molecule has 27 heavy (non-hydrogen) atoms. The lowest BCUT2D eigenvalue weighted by Crippen LogP contribution is -2.37. The number of halogens is 1. The van der Waals surface area contributed by atoms with Gasteiger partial charge in [-0.1, -0.05) is 6.92 Å². The number of aromatic nitrogens is 3. The maximum absolute atomic E-state index is 12.5. The van der Waals surface area contributed by atoms with Crippen LogP contribution in [0.4, 0.5) is 11.9 Å². The summed E-state index contributed by atoms with van der Waals surface area (Å²) in [6, 6.07) is 6.88. The Kier molecular flexibility index (Phi) is 7.75. The molecule has 0 bridgehead atoms. The van der Waals surface area contributed by atoms with Crippen LogP contribution in [0.5, 0.6) is 5.75 Å². The number of morpholine rings is 1. The smallest absolute Gasteiger partial charge is 0.258 e. The Morgan fingerprint density at radius 2 is 1.89 bits per heavy atom. The van der Waals surface area contributed by atoms with Crippen LogP contribution >= 0.6 is 12.4 Å². The molecule has 2 heterocycles. The number of rotatable bonds is 6. The molecule has 0 spiro atoms. The molecule has 0 atom stereocenters. The highest BCUT2D eigenvalue weighted by Crippen LogP contribution is 2.16. The van der Waals surface area contributed by atoms with Crippen LogP contribution in [0.25, 0.3) is 0 Å². The first-order chi connectivity index (χ1) is 12.7. The standard InChI is InChI=1S/C18H23N5O3.ClH/c1-3-4-15-19-17(22-18(20-15)23-9-11-26-12-10-23)21-16(24)13-5-7-14(25-2)8-6-13;/h5-8H,3-4,9-12H2,1-2H3,(H,19,20,21,22,24);1H. The van der Waals surface area contributed by atoms with Gasteiger partial charge in [-0.3, -0.25) is 10.1 Å². The summed E-state index contributed by atoms with van der Waals surface area (Å²) in [5.74, 6) is 1.95. The zero-order valence-corrected chi connectivity index (χ0v) is 16.3. The minimum absolute atomic E-state index is 0. The van der Waals surface area contributed by atoms with Crippen molar-refractivity contribution in [3.05, 3.63) is 35.7 Å². The quantitative estimate of drug-likeness (QED) is 0.805. The van der Waals surface area contributed by atoms with Gasteiger partial charge in [0.1, 0.15) is 11.6 Å². The molecule has 1 aromatic heterocycles. The van der Waals surface area contributed by atoms with Crippen LogP contribution in [0.2, 0.25) is 0 Å². The maximum atomic E-state index is 12.5. The van der Waals surface area contributed by atoms with Crippen LogP contribution < -0.4 is 15.0 Å². The molecule has 0 radical (unpaired) electrons. The number of nitrogens with zero attached hydrogens (tertiary/aromatic N) is 4. The summed E-state index contributed by atoms with van der Waals surface area (Å²) in [4.78, 5) is 27.9. The molecule has 9 heteroatoms. The molecule has 0 unspecified atom stereocenters. The molecule has 2 aromatic rings. The second-order valence-corrected chi connectivity index (χ2v) is 5.91. The first-order valence-electron chi connectivity index (χ1n) is 8.72. The lowest BCUT2D eigenvalue weighted by atomic mass is 10.2. The van der Waals surface area contributed by atoms with Crippen LogP contribution in [0, 0.1) is 0 Å². The van der Waals surface area contributed by atoms with E-state index < -0.39 is 0 Å². The predicted molar refractivity (Wildman–Crippen MR) is 105 cm³/mol. The monoisotopic (exact) mass is 393 g/mol. The Morgan fingerprint density at radius 3 is 2.52 bits per heavy atom. The topological polar surface area (TPSA) is 89.5 Å². The summed E-state index contributed by atoms with van der Waals surface area (Å²) >= 11 is 0. The van der Waals surface area contributed by atoms with E-state index in [1.165, 1.54) is 0 Å². The van der Waals surface area contributed by atoms with Gasteiger partial charge in [0.15, 0.2) is 0 Å². The number of hydrogen-bond donors (Lipinski definition) is 1. The highest BCUT2D eigenvalue weighted by molar-refractivity contribution is 6.03. The number of anilines is 2. The van der Waals surface area contributed by atoms with Crippen molar-refractivity contribution in [2.24, 2.45) is 0 Å². The Morgan fingerprint density at radius 1 is 1.19 bits per heavy atom. The van der Waals surface area contributed by atoms with Crippen LogP contribution in [-0.2, 0) is 11.2 Å². The van der Waals surface area contributed by atoms with Gasteiger partial charge in [0.2, 0.25) is 11.9 Å². The largest absolute Gasteiger partial charge is 0.497 e. The highest BCUT2D eigenvalue weighted by Gasteiger charge is 2.17. The van der Waals surface area contributed by atoms with E-state index in [1.807, 2.05) is 4.90 Å². The minimum Gasteiger partial charge on any atom is -0.497 e. The lowest BCUT2D eigenvalue weighted by Gasteiger charge is -2.27. The first-order valence-corrected chi connectivity index (χ1v) is 8.72. The number of benzene rings is 1. The van der Waals surface area contributed by atoms with E-state index in [0.717, 1.165) is 25.9 Å². The fraction of sp³-hybridized carbons (Fsp3) is 0.444. The second kappa shape index (κ2) is 10.0. The van der Waals surface area contributed by atoms with E-state index >= 15 is 0 Å². The molecule has 8 nitrogen and oxygen atoms in total. The minimum atomic E-state index is -0.269. The van der Waals surface area contributed by atoms with E-state index in [4.69, 9.17) is 9.47 Å². The summed E-state index contributed by atoms with van der Waals surface area (Å²) in [6.07, 6.45) is 1.64. The molecular weight excluding hydrogens is 370 g/mol. The van der Waals surface area contributed by atoms with Gasteiger partial charge < -0.3 is 14.4 Å². The predicted octanol–water partition coefficient (Wildman–Crippen LogP) is 2.34. The van der Waals surface area contributed by atoms with Crippen molar-refractivity contribution in [3.63, 3.8) is 0 Å². The second-order valence-electron chi connectivity index (χ2n) is 5.91. The van der Waals surface area contributed by atoms with Crippen LogP contribution in [0.15, 0.2) is 24.3 Å². The summed E-state index contributed by atoms with van der Waals surface area (Å²) < 4.78 is 10.5. The zero-order chi connectivity index (χ0) is 18.4. The third-order valence-corrected chi connectivity index (χ3v) is 4.01. The average molecular weight is 394 g/mol. The SMILES string of the molecule is CCCc1nc(NC(=O)c2ccc(OC)cc2)nc(N2CCOCC2)n1.Cl. The van der Waals surface area contributed by atoms with E-state index in [0.29, 0.717) is 36.3 Å². The number of amides is 1. The molecule has 1 amide bonds. The average Bonchev–Trinajstić information content (AvgIpc) is 2.69. The van der Waals surface area contributed by atoms with E-state index in [-0.39, 0.29) is 24.3 Å². The molecule has 0 saturated carbocycles. The van der Waals surface area contributed by atoms with Gasteiger partial charge in [-0.15, -0.1) is 12.4 Å². The van der Waals surface area contributed by atoms with E-state index in [9.17, 15) is 4.79 Å². The molecule has 1 aliphatic heterocycles. The molecule has 1 saturated heterocycles. The number of aryl methyl sites for hydroxylation is 1. The number of hydrogen-bond acceptors (Lipinski definition) is 7. The summed E-state index contributed by atoms with van der Waals surface area (Å²) in [5.41, 5.74) is 0.510. The third kappa shape index (κ3) is 5.51. The number of carbonyl (C=O) groups is 1. The maximum Gasteiger partial charge on any atom is 0.258 e. The zero-order valence-electron chi connectivity index (χ0n) is 15.5. The highest BCUT2D eigenvalue weighted by atomic mass is 35.5. The fourth-order valence-corrected chi connectivity index (χ4v) is 2.62. The van der Waals surface area contributed by atoms with Gasteiger partial charge in [-0.25, -0.2) is 0 Å². The summed E-state index contributed by atoms with van der Waals surface area (Å²) in [6.45, 7) is 4.79. The molecule has 3 rings (SSSR count). The number of ether oxygens (including phenoxy) is 2. The third-order valence-electron chi connectivity index (χ3n) is 4.01. The van der Waals surface area contributed by atoms with Gasteiger partial charge in [0.25, 0.3) is 5.91 Å². The molecule has 1 fully saturated rings. The van der Waals surface area contributed by atoms with E-state index in [2.05, 4.69) is 27.2 Å². The van der Waals surface area contributed by atoms with Crippen molar-refractivity contribution in [1.29, 1.82) is 0 Å². The van der Waals surface area contributed by atoms with Crippen molar-refractivity contribution in [2.45, 2.75) is 19.8 Å². The Labute approximate surface area is 164 Å². The molecule has 1 N–H and O–H groups in total. The normalized spacial score (nSPS) is 13.6. The van der Waals surface area contributed by atoms with Crippen molar-refractivity contribution >= 4 is 30.2 Å².